The molecule has 1 fully saturated rings. The molecule has 0 N–H and O–H groups in total. The quantitative estimate of drug-likeness (QED) is 0.427. The number of ether oxygens (including phenoxy) is 2. The number of methoxy groups -OCH3 is 1. The van der Waals surface area contributed by atoms with Crippen molar-refractivity contribution in [2.45, 2.75) is 38.7 Å². The second-order valence-corrected chi connectivity index (χ2v) is 8.80. The Balaban J connectivity index is 1.63. The van der Waals surface area contributed by atoms with Crippen molar-refractivity contribution in [3.05, 3.63) is 80.6 Å². The summed E-state index contributed by atoms with van der Waals surface area (Å²) < 4.78 is 12.9. The lowest BCUT2D eigenvalue weighted by atomic mass is 9.89. The van der Waals surface area contributed by atoms with Crippen molar-refractivity contribution in [2.24, 2.45) is 0 Å². The van der Waals surface area contributed by atoms with Crippen LogP contribution in [0, 0.1) is 13.8 Å². The van der Waals surface area contributed by atoms with Crippen molar-refractivity contribution in [1.29, 1.82) is 0 Å². The maximum atomic E-state index is 13.8. The maximum Gasteiger partial charge on any atom is 0.278 e. The lowest BCUT2D eigenvalue weighted by Gasteiger charge is -2.29. The van der Waals surface area contributed by atoms with E-state index in [9.17, 15) is 4.79 Å². The van der Waals surface area contributed by atoms with Crippen LogP contribution in [0.4, 0.5) is 0 Å². The summed E-state index contributed by atoms with van der Waals surface area (Å²) in [7, 11) is 1.58. The van der Waals surface area contributed by atoms with Crippen LogP contribution < -0.4 is 10.3 Å². The molecule has 0 unspecified atom stereocenters. The van der Waals surface area contributed by atoms with Crippen LogP contribution in [0.15, 0.2) is 47.4 Å². The summed E-state index contributed by atoms with van der Waals surface area (Å²) in [6.45, 7) is 4.28. The second kappa shape index (κ2) is 9.12. The third kappa shape index (κ3) is 4.15. The van der Waals surface area contributed by atoms with Crippen molar-refractivity contribution in [3.8, 4) is 11.6 Å². The van der Waals surface area contributed by atoms with E-state index < -0.39 is 0 Å². The summed E-state index contributed by atoms with van der Waals surface area (Å²) in [6.07, 6.45) is 2.80. The van der Waals surface area contributed by atoms with Gasteiger partial charge in [-0.15, -0.1) is 0 Å². The molecule has 0 spiro atoms. The zero-order chi connectivity index (χ0) is 23.8. The van der Waals surface area contributed by atoms with Crippen LogP contribution in [0.25, 0.3) is 17.0 Å². The average molecular weight is 478 g/mol. The molecule has 5 rings (SSSR count). The molecule has 0 amide bonds. The zero-order valence-electron chi connectivity index (χ0n) is 19.2. The molecule has 3 aromatic heterocycles. The molecular formula is C25H24ClN5O3. The second-order valence-electron chi connectivity index (χ2n) is 8.37. The predicted molar refractivity (Wildman–Crippen MR) is 129 cm³/mol. The fourth-order valence-electron chi connectivity index (χ4n) is 4.29. The van der Waals surface area contributed by atoms with Crippen LogP contribution in [0.5, 0.6) is 5.88 Å². The Morgan fingerprint density at radius 2 is 1.85 bits per heavy atom. The summed E-state index contributed by atoms with van der Waals surface area (Å²) in [5.41, 5.74) is 4.30. The number of benzene rings is 1. The van der Waals surface area contributed by atoms with Crippen molar-refractivity contribution in [1.82, 2.24) is 24.5 Å². The smallest absolute Gasteiger partial charge is 0.278 e. The van der Waals surface area contributed by atoms with Gasteiger partial charge < -0.3 is 9.47 Å². The minimum Gasteiger partial charge on any atom is -0.481 e. The van der Waals surface area contributed by atoms with E-state index in [1.807, 2.05) is 26.0 Å². The first-order chi connectivity index (χ1) is 16.4. The Bertz CT molecular complexity index is 1420. The van der Waals surface area contributed by atoms with E-state index in [4.69, 9.17) is 26.1 Å². The van der Waals surface area contributed by atoms with Crippen molar-refractivity contribution in [3.63, 3.8) is 0 Å². The van der Waals surface area contributed by atoms with Gasteiger partial charge in [-0.3, -0.25) is 9.36 Å². The first kappa shape index (κ1) is 22.4. The van der Waals surface area contributed by atoms with E-state index in [0.717, 1.165) is 17.0 Å². The summed E-state index contributed by atoms with van der Waals surface area (Å²) in [4.78, 5) is 32.1. The van der Waals surface area contributed by atoms with Crippen LogP contribution in [-0.2, 0) is 4.74 Å². The molecule has 1 aliphatic rings. The van der Waals surface area contributed by atoms with Crippen LogP contribution >= 0.6 is 11.6 Å². The summed E-state index contributed by atoms with van der Waals surface area (Å²) in [5.74, 6) is 0.426. The van der Waals surface area contributed by atoms with Gasteiger partial charge in [-0.1, -0.05) is 11.6 Å². The molecule has 4 aromatic rings. The molecule has 1 saturated heterocycles. The average Bonchev–Trinajstić information content (AvgIpc) is 2.86. The summed E-state index contributed by atoms with van der Waals surface area (Å²) in [5, 5.41) is 0.591. The standard InChI is InChI=1S/C25H24ClN5O3/c1-14-15(2)29-24-23(28-14)30-22(25(32)31(24)19-6-4-18(26)5-7-19)17-9-11-34-20(12-17)16-8-10-27-21(13-16)33-3/h4-8,10,13,17,20H,9,11-12H2,1-3H3/t17-,20+/m0/s1. The number of hydrogen-bond donors (Lipinski definition) is 0. The Morgan fingerprint density at radius 3 is 2.62 bits per heavy atom. The third-order valence-electron chi connectivity index (χ3n) is 6.23. The highest BCUT2D eigenvalue weighted by atomic mass is 35.5. The molecule has 4 heterocycles. The van der Waals surface area contributed by atoms with Gasteiger partial charge in [0.1, 0.15) is 5.69 Å². The number of fused-ring (bicyclic) bond motifs is 1. The molecule has 174 valence electrons. The summed E-state index contributed by atoms with van der Waals surface area (Å²) in [6, 6.07) is 10.9. The van der Waals surface area contributed by atoms with Gasteiger partial charge in [-0.05, 0) is 62.6 Å². The van der Waals surface area contributed by atoms with E-state index in [1.54, 1.807) is 42.1 Å². The lowest BCUT2D eigenvalue weighted by Crippen LogP contribution is -2.30. The zero-order valence-corrected chi connectivity index (χ0v) is 19.9. The number of pyridine rings is 1. The monoisotopic (exact) mass is 477 g/mol. The first-order valence-corrected chi connectivity index (χ1v) is 11.5. The normalized spacial score (nSPS) is 18.2. The van der Waals surface area contributed by atoms with E-state index in [1.165, 1.54) is 0 Å². The molecule has 0 aliphatic carbocycles. The van der Waals surface area contributed by atoms with Crippen LogP contribution in [0.3, 0.4) is 0 Å². The number of aryl methyl sites for hydroxylation is 2. The maximum absolute atomic E-state index is 13.8. The number of rotatable bonds is 4. The molecule has 1 aromatic carbocycles. The number of nitrogens with zero attached hydrogens (tertiary/aromatic N) is 5. The van der Waals surface area contributed by atoms with Gasteiger partial charge in [-0.2, -0.15) is 0 Å². The van der Waals surface area contributed by atoms with Gasteiger partial charge in [-0.25, -0.2) is 19.9 Å². The van der Waals surface area contributed by atoms with Gasteiger partial charge in [0.05, 0.1) is 30.3 Å². The molecule has 0 radical (unpaired) electrons. The molecule has 1 aliphatic heterocycles. The van der Waals surface area contributed by atoms with E-state index in [-0.39, 0.29) is 17.6 Å². The largest absolute Gasteiger partial charge is 0.481 e. The van der Waals surface area contributed by atoms with Crippen molar-refractivity contribution < 1.29 is 9.47 Å². The molecular weight excluding hydrogens is 454 g/mol. The number of hydrogen-bond acceptors (Lipinski definition) is 7. The van der Waals surface area contributed by atoms with Gasteiger partial charge in [0.15, 0.2) is 11.3 Å². The lowest BCUT2D eigenvalue weighted by molar-refractivity contribution is 0.00426. The number of aromatic nitrogens is 5. The third-order valence-corrected chi connectivity index (χ3v) is 6.48. The van der Waals surface area contributed by atoms with Gasteiger partial charge >= 0.3 is 0 Å². The highest BCUT2D eigenvalue weighted by Crippen LogP contribution is 2.37. The molecule has 0 saturated carbocycles. The topological polar surface area (TPSA) is 92.0 Å². The SMILES string of the molecule is COc1cc([C@H]2C[C@@H](c3nc4nc(C)c(C)nc4n(-c4ccc(Cl)cc4)c3=O)CCO2)ccn1. The molecule has 0 bridgehead atoms. The van der Waals surface area contributed by atoms with Gasteiger partial charge in [0, 0.05) is 29.8 Å². The Morgan fingerprint density at radius 1 is 1.09 bits per heavy atom. The van der Waals surface area contributed by atoms with Crippen LogP contribution in [0.2, 0.25) is 5.02 Å². The van der Waals surface area contributed by atoms with Crippen molar-refractivity contribution >= 4 is 22.9 Å². The fraction of sp³-hybridized carbons (Fsp3) is 0.320. The van der Waals surface area contributed by atoms with E-state index in [2.05, 4.69) is 15.0 Å². The van der Waals surface area contributed by atoms with E-state index >= 15 is 0 Å². The minimum absolute atomic E-state index is 0.100. The van der Waals surface area contributed by atoms with Crippen LogP contribution in [-0.4, -0.2) is 38.2 Å². The Hall–Kier alpha value is -3.36. The molecule has 9 heteroatoms. The van der Waals surface area contributed by atoms with Crippen molar-refractivity contribution in [2.75, 3.05) is 13.7 Å². The number of halogens is 1. The predicted octanol–water partition coefficient (Wildman–Crippen LogP) is 4.48. The first-order valence-electron chi connectivity index (χ1n) is 11.1. The van der Waals surface area contributed by atoms with Crippen LogP contribution in [0.1, 0.15) is 47.5 Å². The highest BCUT2D eigenvalue weighted by Gasteiger charge is 2.30. The molecule has 2 atom stereocenters. The molecule has 34 heavy (non-hydrogen) atoms. The fourth-order valence-corrected chi connectivity index (χ4v) is 4.41. The Kier molecular flexibility index (Phi) is 6.02. The highest BCUT2D eigenvalue weighted by molar-refractivity contribution is 6.30. The molecule has 8 nitrogen and oxygen atoms in total. The Labute approximate surface area is 201 Å². The minimum atomic E-state index is -0.203. The van der Waals surface area contributed by atoms with Gasteiger partial charge in [0.2, 0.25) is 5.88 Å². The summed E-state index contributed by atoms with van der Waals surface area (Å²) >= 11 is 6.10. The van der Waals surface area contributed by atoms with Gasteiger partial charge in [0.25, 0.3) is 5.56 Å². The van der Waals surface area contributed by atoms with E-state index in [0.29, 0.717) is 53.0 Å².